The van der Waals surface area contributed by atoms with Crippen molar-refractivity contribution in [1.29, 1.82) is 5.26 Å². The molecule has 4 rings (SSSR count). The van der Waals surface area contributed by atoms with Crippen LogP contribution in [0.5, 0.6) is 0 Å². The van der Waals surface area contributed by atoms with E-state index in [1.54, 1.807) is 11.3 Å². The number of ether oxygens (including phenoxy) is 1. The van der Waals surface area contributed by atoms with E-state index in [0.29, 0.717) is 19.6 Å². The van der Waals surface area contributed by atoms with E-state index in [1.807, 2.05) is 50.2 Å². The molecule has 3 heterocycles. The van der Waals surface area contributed by atoms with Gasteiger partial charge >= 0.3 is 0 Å². The molecule has 2 saturated heterocycles. The Bertz CT molecular complexity index is 1250. The quantitative estimate of drug-likeness (QED) is 0.222. The molecule has 238 valence electrons. The van der Waals surface area contributed by atoms with Gasteiger partial charge in [-0.15, -0.1) is 11.3 Å². The molecule has 0 aliphatic carbocycles. The Balaban J connectivity index is 0.000000278. The molecule has 2 unspecified atom stereocenters. The topological polar surface area (TPSA) is 128 Å². The lowest BCUT2D eigenvalue weighted by Crippen LogP contribution is -2.56. The van der Waals surface area contributed by atoms with Crippen LogP contribution in [-0.2, 0) is 25.7 Å². The molecule has 3 amide bonds. The fourth-order valence-electron chi connectivity index (χ4n) is 5.43. The summed E-state index contributed by atoms with van der Waals surface area (Å²) in [5.74, 6) is 2.09. The number of nitriles is 1. The predicted octanol–water partition coefficient (Wildman–Crippen LogP) is 3.78. The zero-order valence-electron chi connectivity index (χ0n) is 26.8. The molecule has 2 aliphatic heterocycles. The first-order chi connectivity index (χ1) is 21.0. The number of benzene rings is 1. The lowest BCUT2D eigenvalue weighted by molar-refractivity contribution is -0.141. The largest absolute Gasteiger partial charge is 0.370 e. The van der Waals surface area contributed by atoms with Crippen LogP contribution in [0.1, 0.15) is 51.8 Å². The van der Waals surface area contributed by atoms with Crippen LogP contribution < -0.4 is 10.6 Å². The molecule has 0 saturated carbocycles. The van der Waals surface area contributed by atoms with Crippen LogP contribution >= 0.6 is 11.3 Å². The average molecular weight is 623 g/mol. The normalized spacial score (nSPS) is 17.7. The van der Waals surface area contributed by atoms with Crippen molar-refractivity contribution in [3.8, 4) is 16.4 Å². The number of amides is 3. The van der Waals surface area contributed by atoms with E-state index < -0.39 is 6.04 Å². The molecule has 44 heavy (non-hydrogen) atoms. The highest BCUT2D eigenvalue weighted by Crippen LogP contribution is 2.27. The van der Waals surface area contributed by atoms with Crippen LogP contribution in [0.15, 0.2) is 29.8 Å². The highest BCUT2D eigenvalue weighted by molar-refractivity contribution is 7.13. The summed E-state index contributed by atoms with van der Waals surface area (Å²) in [6, 6.07) is 7.84. The third kappa shape index (κ3) is 10.7. The number of hydrogen-bond donors (Lipinski definition) is 2. The number of rotatable bonds is 11. The summed E-state index contributed by atoms with van der Waals surface area (Å²) in [6.45, 7) is 14.5. The molecule has 2 atom stereocenters. The first-order valence-electron chi connectivity index (χ1n) is 15.5. The molecule has 2 fully saturated rings. The van der Waals surface area contributed by atoms with Crippen LogP contribution in [0.25, 0.3) is 10.4 Å². The Morgan fingerprint density at radius 3 is 2.48 bits per heavy atom. The maximum atomic E-state index is 13.0. The first kappa shape index (κ1) is 35.2. The monoisotopic (exact) mass is 622 g/mol. The van der Waals surface area contributed by atoms with Gasteiger partial charge in [-0.3, -0.25) is 14.4 Å². The van der Waals surface area contributed by atoms with Crippen LogP contribution in [0, 0.1) is 23.6 Å². The molecule has 2 aromatic rings. The zero-order valence-corrected chi connectivity index (χ0v) is 27.6. The fraction of sp³-hybridized carbons (Fsp3) is 0.594. The van der Waals surface area contributed by atoms with Crippen molar-refractivity contribution in [2.24, 2.45) is 5.41 Å². The smallest absolute Gasteiger partial charge is 0.270 e. The van der Waals surface area contributed by atoms with Crippen molar-refractivity contribution in [2.75, 3.05) is 39.4 Å². The number of aromatic nitrogens is 1. The Hall–Kier alpha value is -3.27. The predicted molar refractivity (Wildman–Crippen MR) is 175 cm³/mol. The number of nitrogens with one attached hydrogen (secondary N) is 2. The molecular weight excluding hydrogens is 575 g/mol. The summed E-state index contributed by atoms with van der Waals surface area (Å²) >= 11 is 1.64. The summed E-state index contributed by atoms with van der Waals surface area (Å²) in [4.78, 5) is 45.1. The van der Waals surface area contributed by atoms with E-state index in [-0.39, 0.29) is 36.6 Å². The second-order valence-corrected chi connectivity index (χ2v) is 13.5. The maximum Gasteiger partial charge on any atom is 0.270 e. The van der Waals surface area contributed by atoms with Gasteiger partial charge in [0.1, 0.15) is 12.6 Å². The minimum absolute atomic E-state index is 0.00575. The summed E-state index contributed by atoms with van der Waals surface area (Å²) in [6.07, 6.45) is 4.56. The standard InChI is InChI=1S/C20H35BN4O3.C12H12N2OS/c1-16-6-5-9-25(16)19(27)18(20(2,3)4)23-17(26)14-28-13-12-24-10-7-21(15-22)8-11-24;1-9-12(16-8-14-9)11-4-2-10(3-5-11)6-13-7-15/h16,18H,5-14H2,1-4H3,(H,23,26);2-5,7-8H,6H2,1H3,(H,13,15). The van der Waals surface area contributed by atoms with Crippen molar-refractivity contribution in [1.82, 2.24) is 25.4 Å². The first-order valence-corrected chi connectivity index (χ1v) is 16.4. The highest BCUT2D eigenvalue weighted by atomic mass is 32.1. The minimum atomic E-state index is -0.547. The number of carbonyl (C=O) groups is 3. The van der Waals surface area contributed by atoms with Crippen LogP contribution in [-0.4, -0.2) is 91.2 Å². The van der Waals surface area contributed by atoms with Crippen molar-refractivity contribution < 1.29 is 19.1 Å². The van der Waals surface area contributed by atoms with E-state index in [4.69, 9.17) is 10.00 Å². The minimum Gasteiger partial charge on any atom is -0.370 e. The molecule has 0 bridgehead atoms. The van der Waals surface area contributed by atoms with E-state index in [1.165, 1.54) is 10.4 Å². The number of carbonyl (C=O) groups excluding carboxylic acids is 3. The maximum absolute atomic E-state index is 13.0. The molecule has 2 aliphatic rings. The number of hydrogen-bond acceptors (Lipinski definition) is 8. The highest BCUT2D eigenvalue weighted by Gasteiger charge is 2.38. The average Bonchev–Trinajstić information content (AvgIpc) is 3.64. The van der Waals surface area contributed by atoms with E-state index in [0.717, 1.165) is 62.9 Å². The van der Waals surface area contributed by atoms with Gasteiger partial charge in [-0.1, -0.05) is 45.0 Å². The molecule has 1 aromatic carbocycles. The van der Waals surface area contributed by atoms with E-state index in [2.05, 4.69) is 45.5 Å². The second-order valence-electron chi connectivity index (χ2n) is 12.6. The van der Waals surface area contributed by atoms with Gasteiger partial charge in [0.15, 0.2) is 0 Å². The molecule has 2 N–H and O–H groups in total. The Labute approximate surface area is 266 Å². The molecule has 0 spiro atoms. The summed E-state index contributed by atoms with van der Waals surface area (Å²) in [7, 11) is 0. The van der Waals surface area contributed by atoms with Crippen molar-refractivity contribution >= 4 is 36.3 Å². The van der Waals surface area contributed by atoms with Gasteiger partial charge in [0, 0.05) is 31.6 Å². The SMILES string of the molecule is CC1CCCN1C(=O)C(NC(=O)COCCN1CCB(C#N)CC1)C(C)(C)C.Cc1ncsc1-c1ccc(CNC=O)cc1. The molecule has 1 aromatic heterocycles. The number of thiazole rings is 1. The fourth-order valence-corrected chi connectivity index (χ4v) is 6.25. The van der Waals surface area contributed by atoms with Crippen LogP contribution in [0.4, 0.5) is 0 Å². The second kappa shape index (κ2) is 17.3. The van der Waals surface area contributed by atoms with E-state index in [9.17, 15) is 14.4 Å². The Kier molecular flexibility index (Phi) is 13.8. The Morgan fingerprint density at radius 2 is 1.93 bits per heavy atom. The summed E-state index contributed by atoms with van der Waals surface area (Å²) in [5, 5.41) is 14.5. The summed E-state index contributed by atoms with van der Waals surface area (Å²) < 4.78 is 5.55. The molecular formula is C32H47BN6O4S. The van der Waals surface area contributed by atoms with Gasteiger partial charge in [0.2, 0.25) is 18.2 Å². The third-order valence-corrected chi connectivity index (χ3v) is 9.14. The van der Waals surface area contributed by atoms with Gasteiger partial charge in [-0.05, 0) is 69.0 Å². The van der Waals surface area contributed by atoms with Crippen molar-refractivity contribution in [2.45, 2.75) is 78.7 Å². The van der Waals surface area contributed by atoms with Crippen molar-refractivity contribution in [3.05, 3.63) is 41.0 Å². The number of nitrogens with zero attached hydrogens (tertiary/aromatic N) is 4. The Morgan fingerprint density at radius 1 is 1.23 bits per heavy atom. The van der Waals surface area contributed by atoms with Crippen molar-refractivity contribution in [3.63, 3.8) is 0 Å². The number of likely N-dealkylation sites (tertiary alicyclic amines) is 1. The van der Waals surface area contributed by atoms with Gasteiger partial charge < -0.3 is 25.2 Å². The molecule has 12 heteroatoms. The van der Waals surface area contributed by atoms with Gasteiger partial charge in [0.05, 0.1) is 22.7 Å². The van der Waals surface area contributed by atoms with Gasteiger partial charge in [0.25, 0.3) is 6.71 Å². The van der Waals surface area contributed by atoms with Gasteiger partial charge in [-0.2, -0.15) is 0 Å². The van der Waals surface area contributed by atoms with Crippen LogP contribution in [0.3, 0.4) is 0 Å². The lowest BCUT2D eigenvalue weighted by atomic mass is 9.45. The van der Waals surface area contributed by atoms with E-state index >= 15 is 0 Å². The molecule has 10 nitrogen and oxygen atoms in total. The summed E-state index contributed by atoms with van der Waals surface area (Å²) in [5.41, 5.74) is 4.82. The number of aryl methyl sites for hydroxylation is 1. The third-order valence-electron chi connectivity index (χ3n) is 8.16. The zero-order chi connectivity index (χ0) is 32.1. The molecule has 0 radical (unpaired) electrons. The van der Waals surface area contributed by atoms with Crippen LogP contribution in [0.2, 0.25) is 12.6 Å². The lowest BCUT2D eigenvalue weighted by Gasteiger charge is -2.35. The van der Waals surface area contributed by atoms with Gasteiger partial charge in [-0.25, -0.2) is 10.2 Å².